The predicted octanol–water partition coefficient (Wildman–Crippen LogP) is 4.93. The third kappa shape index (κ3) is 20.7. The van der Waals surface area contributed by atoms with Gasteiger partial charge in [-0.05, 0) is 57.8 Å². The fourth-order valence-electron chi connectivity index (χ4n) is 4.46. The van der Waals surface area contributed by atoms with Crippen molar-refractivity contribution in [2.45, 2.75) is 116 Å². The fraction of sp³-hybridized carbons (Fsp3) is 0.815. The van der Waals surface area contributed by atoms with E-state index < -0.39 is 17.9 Å². The SMILES string of the molecule is CCCCCCCC/C=C/CC[N+](CCCCC(=O)[O-])(CCCCC(=O)O)CCCCC(=O)O. The first-order valence-electron chi connectivity index (χ1n) is 13.4. The molecule has 198 valence electrons. The molecule has 0 saturated heterocycles. The molecular weight excluding hydrogens is 434 g/mol. The summed E-state index contributed by atoms with van der Waals surface area (Å²) >= 11 is 0. The lowest BCUT2D eigenvalue weighted by atomic mass is 10.1. The monoisotopic (exact) mass is 483 g/mol. The largest absolute Gasteiger partial charge is 0.550 e. The Balaban J connectivity index is 4.85. The van der Waals surface area contributed by atoms with E-state index in [4.69, 9.17) is 10.2 Å². The lowest BCUT2D eigenvalue weighted by Gasteiger charge is -2.39. The summed E-state index contributed by atoms with van der Waals surface area (Å²) in [6.45, 7) is 5.66. The van der Waals surface area contributed by atoms with Gasteiger partial charge in [0.05, 0.1) is 26.2 Å². The first-order chi connectivity index (χ1) is 16.3. The predicted molar refractivity (Wildman–Crippen MR) is 133 cm³/mol. The third-order valence-electron chi connectivity index (χ3n) is 6.47. The van der Waals surface area contributed by atoms with Crippen LogP contribution in [0.1, 0.15) is 116 Å². The van der Waals surface area contributed by atoms with Gasteiger partial charge in [0.2, 0.25) is 0 Å². The Labute approximate surface area is 206 Å². The standard InChI is InChI=1S/C27H49NO6/c1-2-3-4-5-6-7-8-9-10-14-21-28(22-15-11-18-25(29)30,23-16-12-19-26(31)32)24-17-13-20-27(33)34/h9-10H,2-8,11-24H2,1H3,(H2-,29,30,31,32,33,34)/b10-9+. The number of carbonyl (C=O) groups is 3. The van der Waals surface area contributed by atoms with Gasteiger partial charge in [-0.25, -0.2) is 0 Å². The Bertz CT molecular complexity index is 520. The lowest BCUT2D eigenvalue weighted by molar-refractivity contribution is -0.928. The molecule has 0 saturated carbocycles. The van der Waals surface area contributed by atoms with E-state index in [1.807, 2.05) is 0 Å². The van der Waals surface area contributed by atoms with Gasteiger partial charge in [-0.15, -0.1) is 0 Å². The van der Waals surface area contributed by atoms with Gasteiger partial charge in [-0.3, -0.25) is 9.59 Å². The lowest BCUT2D eigenvalue weighted by Crippen LogP contribution is -2.50. The summed E-state index contributed by atoms with van der Waals surface area (Å²) in [4.78, 5) is 32.6. The van der Waals surface area contributed by atoms with Crippen LogP contribution in [0.3, 0.4) is 0 Å². The van der Waals surface area contributed by atoms with E-state index in [0.29, 0.717) is 19.3 Å². The van der Waals surface area contributed by atoms with E-state index in [-0.39, 0.29) is 19.3 Å². The molecule has 7 nitrogen and oxygen atoms in total. The van der Waals surface area contributed by atoms with Gasteiger partial charge < -0.3 is 24.6 Å². The van der Waals surface area contributed by atoms with Crippen molar-refractivity contribution in [3.63, 3.8) is 0 Å². The summed E-state index contributed by atoms with van der Waals surface area (Å²) < 4.78 is 0.799. The molecule has 0 rings (SSSR count). The molecule has 2 N–H and O–H groups in total. The smallest absolute Gasteiger partial charge is 0.303 e. The number of carbonyl (C=O) groups excluding carboxylic acids is 1. The molecule has 0 heterocycles. The zero-order valence-electron chi connectivity index (χ0n) is 21.5. The summed E-state index contributed by atoms with van der Waals surface area (Å²) in [5.74, 6) is -2.60. The first kappa shape index (κ1) is 32.1. The molecule has 0 aliphatic carbocycles. The average Bonchev–Trinajstić information content (AvgIpc) is 2.78. The number of unbranched alkanes of at least 4 members (excludes halogenated alkanes) is 9. The molecule has 0 fully saturated rings. The number of hydrogen-bond donors (Lipinski definition) is 2. The summed E-state index contributed by atoms with van der Waals surface area (Å²) in [7, 11) is 0. The van der Waals surface area contributed by atoms with Crippen LogP contribution in [0.15, 0.2) is 12.2 Å². The van der Waals surface area contributed by atoms with Crippen molar-refractivity contribution in [2.75, 3.05) is 26.2 Å². The number of hydrogen-bond acceptors (Lipinski definition) is 4. The molecule has 0 unspecified atom stereocenters. The van der Waals surface area contributed by atoms with Crippen LogP contribution in [-0.2, 0) is 14.4 Å². The van der Waals surface area contributed by atoms with Crippen molar-refractivity contribution in [3.8, 4) is 0 Å². The molecule has 0 aromatic carbocycles. The number of quaternary nitrogens is 1. The topological polar surface area (TPSA) is 115 Å². The van der Waals surface area contributed by atoms with E-state index in [0.717, 1.165) is 62.8 Å². The number of rotatable bonds is 25. The highest BCUT2D eigenvalue weighted by Gasteiger charge is 2.25. The van der Waals surface area contributed by atoms with Gasteiger partial charge in [0, 0.05) is 25.2 Å². The Hall–Kier alpha value is -1.89. The maximum atomic E-state index is 10.9. The van der Waals surface area contributed by atoms with E-state index >= 15 is 0 Å². The van der Waals surface area contributed by atoms with Crippen LogP contribution >= 0.6 is 0 Å². The van der Waals surface area contributed by atoms with E-state index in [1.54, 1.807) is 0 Å². The number of carboxylic acid groups (broad SMARTS) is 3. The van der Waals surface area contributed by atoms with Crippen LogP contribution in [0.5, 0.6) is 0 Å². The minimum Gasteiger partial charge on any atom is -0.550 e. The Morgan fingerprint density at radius 3 is 1.59 bits per heavy atom. The minimum atomic E-state index is -1.03. The molecule has 0 bridgehead atoms. The quantitative estimate of drug-likeness (QED) is 0.108. The number of nitrogens with zero attached hydrogens (tertiary/aromatic N) is 1. The Morgan fingerprint density at radius 2 is 1.09 bits per heavy atom. The summed E-state index contributed by atoms with van der Waals surface area (Å²) in [5, 5.41) is 28.7. The number of carboxylic acids is 3. The normalized spacial score (nSPS) is 11.8. The molecule has 0 radical (unpaired) electrons. The second-order valence-electron chi connectivity index (χ2n) is 9.58. The second kappa shape index (κ2) is 21.6. The van der Waals surface area contributed by atoms with Crippen molar-refractivity contribution < 1.29 is 34.2 Å². The van der Waals surface area contributed by atoms with Crippen LogP contribution in [-0.4, -0.2) is 58.8 Å². The summed E-state index contributed by atoms with van der Waals surface area (Å²) in [5.41, 5.74) is 0. The molecule has 0 spiro atoms. The molecule has 0 atom stereocenters. The van der Waals surface area contributed by atoms with Gasteiger partial charge in [-0.1, -0.05) is 51.2 Å². The third-order valence-corrected chi connectivity index (χ3v) is 6.47. The van der Waals surface area contributed by atoms with Crippen LogP contribution in [0.25, 0.3) is 0 Å². The van der Waals surface area contributed by atoms with Crippen LogP contribution in [0.4, 0.5) is 0 Å². The molecule has 0 aliphatic heterocycles. The second-order valence-corrected chi connectivity index (χ2v) is 9.58. The molecule has 0 aromatic rings. The van der Waals surface area contributed by atoms with Crippen LogP contribution in [0.2, 0.25) is 0 Å². The molecule has 34 heavy (non-hydrogen) atoms. The molecular formula is C27H49NO6. The minimum absolute atomic E-state index is 0.0518. The van der Waals surface area contributed by atoms with E-state index in [9.17, 15) is 19.5 Å². The Morgan fingerprint density at radius 1 is 0.618 bits per heavy atom. The van der Waals surface area contributed by atoms with Gasteiger partial charge in [-0.2, -0.15) is 0 Å². The van der Waals surface area contributed by atoms with Crippen LogP contribution in [0, 0.1) is 0 Å². The van der Waals surface area contributed by atoms with Gasteiger partial charge >= 0.3 is 11.9 Å². The number of allylic oxidation sites excluding steroid dienone is 1. The highest BCUT2D eigenvalue weighted by molar-refractivity contribution is 5.66. The van der Waals surface area contributed by atoms with Crippen molar-refractivity contribution in [1.82, 2.24) is 0 Å². The fourth-order valence-corrected chi connectivity index (χ4v) is 4.46. The molecule has 0 aliphatic rings. The maximum Gasteiger partial charge on any atom is 0.303 e. The van der Waals surface area contributed by atoms with Crippen molar-refractivity contribution in [3.05, 3.63) is 12.2 Å². The van der Waals surface area contributed by atoms with Gasteiger partial charge in [0.15, 0.2) is 0 Å². The first-order valence-corrected chi connectivity index (χ1v) is 13.4. The van der Waals surface area contributed by atoms with Gasteiger partial charge in [0.25, 0.3) is 0 Å². The van der Waals surface area contributed by atoms with E-state index in [1.165, 1.54) is 38.5 Å². The highest BCUT2D eigenvalue weighted by atomic mass is 16.4. The van der Waals surface area contributed by atoms with Crippen LogP contribution < -0.4 is 5.11 Å². The van der Waals surface area contributed by atoms with Crippen molar-refractivity contribution >= 4 is 17.9 Å². The van der Waals surface area contributed by atoms with E-state index in [2.05, 4.69) is 19.1 Å². The van der Waals surface area contributed by atoms with Crippen molar-refractivity contribution in [2.24, 2.45) is 0 Å². The maximum absolute atomic E-state index is 10.9. The zero-order chi connectivity index (χ0) is 25.5. The molecule has 7 heteroatoms. The zero-order valence-corrected chi connectivity index (χ0v) is 21.5. The summed E-state index contributed by atoms with van der Waals surface area (Å²) in [6, 6.07) is 0. The molecule has 0 aromatic heterocycles. The Kier molecular flexibility index (Phi) is 20.4. The molecule has 0 amide bonds. The average molecular weight is 484 g/mol. The summed E-state index contributed by atoms with van der Waals surface area (Å²) in [6.07, 6.45) is 18.8. The van der Waals surface area contributed by atoms with Gasteiger partial charge in [0.1, 0.15) is 0 Å². The highest BCUT2D eigenvalue weighted by Crippen LogP contribution is 2.18. The van der Waals surface area contributed by atoms with Crippen molar-refractivity contribution in [1.29, 1.82) is 0 Å². The number of aliphatic carboxylic acids is 3.